The predicted molar refractivity (Wildman–Crippen MR) is 103 cm³/mol. The van der Waals surface area contributed by atoms with Gasteiger partial charge < -0.3 is 10.3 Å². The number of H-pyrrole nitrogens is 1. The quantitative estimate of drug-likeness (QED) is 0.759. The van der Waals surface area contributed by atoms with Gasteiger partial charge in [-0.1, -0.05) is 37.3 Å². The maximum atomic E-state index is 12.7. The Hall–Kier alpha value is -2.92. The van der Waals surface area contributed by atoms with E-state index in [2.05, 4.69) is 28.2 Å². The van der Waals surface area contributed by atoms with Crippen LogP contribution in [0.4, 0.5) is 5.69 Å². The molecule has 1 aliphatic heterocycles. The Morgan fingerprint density at radius 3 is 2.85 bits per heavy atom. The van der Waals surface area contributed by atoms with E-state index in [1.165, 1.54) is 5.56 Å². The van der Waals surface area contributed by atoms with Gasteiger partial charge in [-0.3, -0.25) is 14.5 Å². The van der Waals surface area contributed by atoms with Gasteiger partial charge in [-0.15, -0.1) is 0 Å². The van der Waals surface area contributed by atoms with E-state index in [1.54, 1.807) is 6.07 Å². The third-order valence-electron chi connectivity index (χ3n) is 4.83. The Balaban J connectivity index is 1.63. The summed E-state index contributed by atoms with van der Waals surface area (Å²) in [6.45, 7) is 4.93. The Labute approximate surface area is 151 Å². The van der Waals surface area contributed by atoms with E-state index >= 15 is 0 Å². The van der Waals surface area contributed by atoms with Gasteiger partial charge >= 0.3 is 0 Å². The highest BCUT2D eigenvalue weighted by atomic mass is 16.2. The molecule has 2 aromatic carbocycles. The minimum Gasteiger partial charge on any atom is -0.322 e. The van der Waals surface area contributed by atoms with Crippen LogP contribution < -0.4 is 10.9 Å². The second kappa shape index (κ2) is 6.77. The molecule has 2 N–H and O–H groups in total. The van der Waals surface area contributed by atoms with E-state index in [-0.39, 0.29) is 17.0 Å². The molecule has 1 aromatic heterocycles. The predicted octanol–water partition coefficient (Wildman–Crippen LogP) is 3.51. The van der Waals surface area contributed by atoms with E-state index in [9.17, 15) is 9.59 Å². The molecule has 5 nitrogen and oxygen atoms in total. The van der Waals surface area contributed by atoms with Crippen LogP contribution in [0.5, 0.6) is 0 Å². The Morgan fingerprint density at radius 2 is 2.00 bits per heavy atom. The van der Waals surface area contributed by atoms with Crippen molar-refractivity contribution < 1.29 is 4.79 Å². The molecule has 0 atom stereocenters. The Bertz CT molecular complexity index is 1040. The SMILES string of the molecule is CCCN1Cc2cccc(NC(=O)c3cc4ccccc4[nH]c3=O)c2C1. The number of para-hydroxylation sites is 1. The lowest BCUT2D eigenvalue weighted by Gasteiger charge is -2.13. The minimum atomic E-state index is -0.376. The zero-order valence-electron chi connectivity index (χ0n) is 14.7. The van der Waals surface area contributed by atoms with Crippen molar-refractivity contribution in [1.29, 1.82) is 0 Å². The average molecular weight is 347 g/mol. The third kappa shape index (κ3) is 3.02. The van der Waals surface area contributed by atoms with Crippen LogP contribution in [0, 0.1) is 0 Å². The summed E-state index contributed by atoms with van der Waals surface area (Å²) in [7, 11) is 0. The molecule has 0 bridgehead atoms. The summed E-state index contributed by atoms with van der Waals surface area (Å²) in [5, 5.41) is 3.78. The van der Waals surface area contributed by atoms with Crippen LogP contribution >= 0.6 is 0 Å². The average Bonchev–Trinajstić information content (AvgIpc) is 3.05. The van der Waals surface area contributed by atoms with E-state index in [0.717, 1.165) is 48.2 Å². The molecule has 3 aromatic rings. The molecule has 0 aliphatic carbocycles. The maximum absolute atomic E-state index is 12.7. The number of hydrogen-bond acceptors (Lipinski definition) is 3. The second-order valence-corrected chi connectivity index (χ2v) is 6.71. The van der Waals surface area contributed by atoms with Crippen LogP contribution in [-0.2, 0) is 13.1 Å². The van der Waals surface area contributed by atoms with Crippen molar-refractivity contribution >= 4 is 22.5 Å². The largest absolute Gasteiger partial charge is 0.322 e. The highest BCUT2D eigenvalue weighted by Gasteiger charge is 2.22. The molecule has 0 spiro atoms. The molecule has 1 amide bonds. The van der Waals surface area contributed by atoms with Crippen molar-refractivity contribution in [1.82, 2.24) is 9.88 Å². The first-order chi connectivity index (χ1) is 12.7. The summed E-state index contributed by atoms with van der Waals surface area (Å²) in [6, 6.07) is 15.0. The molecule has 1 aliphatic rings. The molecule has 0 unspecified atom stereocenters. The zero-order chi connectivity index (χ0) is 18.1. The fourth-order valence-corrected chi connectivity index (χ4v) is 3.59. The molecule has 132 valence electrons. The fraction of sp³-hybridized carbons (Fsp3) is 0.238. The monoisotopic (exact) mass is 347 g/mol. The number of nitrogens with zero attached hydrogens (tertiary/aromatic N) is 1. The number of aromatic amines is 1. The van der Waals surface area contributed by atoms with E-state index in [1.807, 2.05) is 36.4 Å². The molecule has 0 fully saturated rings. The molecule has 4 rings (SSSR count). The summed E-state index contributed by atoms with van der Waals surface area (Å²) in [5.41, 5.74) is 3.66. The molecule has 26 heavy (non-hydrogen) atoms. The van der Waals surface area contributed by atoms with Crippen LogP contribution in [0.3, 0.4) is 0 Å². The number of pyridine rings is 1. The lowest BCUT2D eigenvalue weighted by molar-refractivity contribution is 0.102. The standard InChI is InChI=1S/C21H21N3O2/c1-2-10-24-12-15-7-5-9-19(17(15)13-24)23-21(26)16-11-14-6-3-4-8-18(14)22-20(16)25/h3-9,11H,2,10,12-13H2,1H3,(H,22,25)(H,23,26). The first kappa shape index (κ1) is 16.5. The highest BCUT2D eigenvalue weighted by molar-refractivity contribution is 6.06. The van der Waals surface area contributed by atoms with Crippen molar-refractivity contribution in [2.45, 2.75) is 26.4 Å². The number of nitrogens with one attached hydrogen (secondary N) is 2. The van der Waals surface area contributed by atoms with Crippen LogP contribution in [-0.4, -0.2) is 22.3 Å². The van der Waals surface area contributed by atoms with Gasteiger partial charge in [-0.25, -0.2) is 0 Å². The number of benzene rings is 2. The van der Waals surface area contributed by atoms with Gasteiger partial charge in [0.2, 0.25) is 0 Å². The van der Waals surface area contributed by atoms with Crippen molar-refractivity contribution in [2.75, 3.05) is 11.9 Å². The van der Waals surface area contributed by atoms with Crippen LogP contribution in [0.25, 0.3) is 10.9 Å². The van der Waals surface area contributed by atoms with E-state index in [0.29, 0.717) is 0 Å². The van der Waals surface area contributed by atoms with Gasteiger partial charge in [0.05, 0.1) is 0 Å². The van der Waals surface area contributed by atoms with Gasteiger partial charge in [0.25, 0.3) is 11.5 Å². The summed E-state index contributed by atoms with van der Waals surface area (Å²) in [4.78, 5) is 30.2. The lowest BCUT2D eigenvalue weighted by atomic mass is 10.1. The minimum absolute atomic E-state index is 0.129. The lowest BCUT2D eigenvalue weighted by Crippen LogP contribution is -2.23. The van der Waals surface area contributed by atoms with Gasteiger partial charge in [-0.2, -0.15) is 0 Å². The first-order valence-corrected chi connectivity index (χ1v) is 8.92. The number of fused-ring (bicyclic) bond motifs is 2. The summed E-state index contributed by atoms with van der Waals surface area (Å²) in [6.07, 6.45) is 1.10. The molecular formula is C21H21N3O2. The van der Waals surface area contributed by atoms with Crippen molar-refractivity contribution in [3.05, 3.63) is 75.6 Å². The zero-order valence-corrected chi connectivity index (χ0v) is 14.7. The third-order valence-corrected chi connectivity index (χ3v) is 4.83. The fourth-order valence-electron chi connectivity index (χ4n) is 3.59. The number of carbonyl (C=O) groups is 1. The Kier molecular flexibility index (Phi) is 4.31. The summed E-state index contributed by atoms with van der Waals surface area (Å²) >= 11 is 0. The van der Waals surface area contributed by atoms with Gasteiger partial charge in [0.15, 0.2) is 0 Å². The summed E-state index contributed by atoms with van der Waals surface area (Å²) < 4.78 is 0. The molecule has 0 saturated carbocycles. The molecular weight excluding hydrogens is 326 g/mol. The number of hydrogen-bond donors (Lipinski definition) is 2. The summed E-state index contributed by atoms with van der Waals surface area (Å²) in [5.74, 6) is -0.376. The number of aromatic nitrogens is 1. The number of rotatable bonds is 4. The number of carbonyl (C=O) groups excluding carboxylic acids is 1. The smallest absolute Gasteiger partial charge is 0.261 e. The number of amides is 1. The topological polar surface area (TPSA) is 65.2 Å². The van der Waals surface area contributed by atoms with Crippen LogP contribution in [0.15, 0.2) is 53.3 Å². The number of anilines is 1. The first-order valence-electron chi connectivity index (χ1n) is 8.92. The van der Waals surface area contributed by atoms with E-state index in [4.69, 9.17) is 0 Å². The van der Waals surface area contributed by atoms with Gasteiger partial charge in [0, 0.05) is 24.3 Å². The van der Waals surface area contributed by atoms with Crippen molar-refractivity contribution in [3.8, 4) is 0 Å². The van der Waals surface area contributed by atoms with Crippen LogP contribution in [0.1, 0.15) is 34.8 Å². The van der Waals surface area contributed by atoms with E-state index < -0.39 is 0 Å². The maximum Gasteiger partial charge on any atom is 0.261 e. The Morgan fingerprint density at radius 1 is 1.15 bits per heavy atom. The molecule has 0 radical (unpaired) electrons. The second-order valence-electron chi connectivity index (χ2n) is 6.71. The van der Waals surface area contributed by atoms with Gasteiger partial charge in [-0.05, 0) is 47.7 Å². The normalized spacial score (nSPS) is 13.7. The van der Waals surface area contributed by atoms with Crippen molar-refractivity contribution in [2.24, 2.45) is 0 Å². The van der Waals surface area contributed by atoms with Crippen LogP contribution in [0.2, 0.25) is 0 Å². The van der Waals surface area contributed by atoms with Gasteiger partial charge in [0.1, 0.15) is 5.56 Å². The van der Waals surface area contributed by atoms with Crippen molar-refractivity contribution in [3.63, 3.8) is 0 Å². The molecule has 5 heteroatoms. The molecule has 2 heterocycles. The molecule has 0 saturated heterocycles. The highest BCUT2D eigenvalue weighted by Crippen LogP contribution is 2.29.